The van der Waals surface area contributed by atoms with Crippen molar-refractivity contribution in [2.24, 2.45) is 0 Å². The van der Waals surface area contributed by atoms with Gasteiger partial charge in [-0.2, -0.15) is 4.98 Å². The molecule has 0 spiro atoms. The van der Waals surface area contributed by atoms with E-state index >= 15 is 0 Å². The van der Waals surface area contributed by atoms with E-state index in [-0.39, 0.29) is 11.9 Å². The lowest BCUT2D eigenvalue weighted by molar-refractivity contribution is 0.0632. The first-order chi connectivity index (χ1) is 14.7. The molecular formula is C24H27N3O3. The molecule has 1 fully saturated rings. The molecular weight excluding hydrogens is 378 g/mol. The predicted molar refractivity (Wildman–Crippen MR) is 114 cm³/mol. The van der Waals surface area contributed by atoms with Crippen LogP contribution in [0, 0.1) is 0 Å². The number of rotatable bonds is 7. The van der Waals surface area contributed by atoms with Crippen LogP contribution in [0.3, 0.4) is 0 Å². The summed E-state index contributed by atoms with van der Waals surface area (Å²) in [7, 11) is 1.64. The third kappa shape index (κ3) is 4.70. The number of amides is 1. The summed E-state index contributed by atoms with van der Waals surface area (Å²) in [6.45, 7) is 0.572. The van der Waals surface area contributed by atoms with E-state index in [1.807, 2.05) is 59.5 Å². The molecule has 1 aromatic heterocycles. The second kappa shape index (κ2) is 9.57. The van der Waals surface area contributed by atoms with Gasteiger partial charge in [0.2, 0.25) is 11.7 Å². The fraction of sp³-hybridized carbons (Fsp3) is 0.375. The Balaban J connectivity index is 1.46. The summed E-state index contributed by atoms with van der Waals surface area (Å²) in [6, 6.07) is 17.3. The van der Waals surface area contributed by atoms with Crippen LogP contribution < -0.4 is 4.74 Å². The Morgan fingerprint density at radius 2 is 1.80 bits per heavy atom. The van der Waals surface area contributed by atoms with E-state index < -0.39 is 0 Å². The number of carbonyl (C=O) groups is 1. The average molecular weight is 405 g/mol. The molecule has 3 aromatic rings. The number of carbonyl (C=O) groups excluding carboxylic acids is 1. The van der Waals surface area contributed by atoms with Crippen molar-refractivity contribution in [1.29, 1.82) is 0 Å². The maximum absolute atomic E-state index is 13.2. The highest BCUT2D eigenvalue weighted by Crippen LogP contribution is 2.25. The number of ether oxygens (including phenoxy) is 1. The summed E-state index contributed by atoms with van der Waals surface area (Å²) in [5.41, 5.74) is 1.60. The van der Waals surface area contributed by atoms with Gasteiger partial charge in [-0.05, 0) is 49.2 Å². The Morgan fingerprint density at radius 3 is 2.50 bits per heavy atom. The van der Waals surface area contributed by atoms with Gasteiger partial charge in [0, 0.05) is 30.1 Å². The molecule has 0 aliphatic heterocycles. The number of benzene rings is 2. The molecule has 1 saturated carbocycles. The van der Waals surface area contributed by atoms with E-state index in [1.54, 1.807) is 7.11 Å². The molecule has 156 valence electrons. The highest BCUT2D eigenvalue weighted by atomic mass is 16.5. The Hall–Kier alpha value is -3.15. The van der Waals surface area contributed by atoms with Crippen molar-refractivity contribution in [1.82, 2.24) is 15.0 Å². The van der Waals surface area contributed by atoms with Gasteiger partial charge in [-0.3, -0.25) is 4.79 Å². The molecule has 1 aliphatic rings. The zero-order valence-corrected chi connectivity index (χ0v) is 17.3. The van der Waals surface area contributed by atoms with Gasteiger partial charge in [-0.1, -0.05) is 42.6 Å². The second-order valence-electron chi connectivity index (χ2n) is 7.65. The molecule has 6 heteroatoms. The van der Waals surface area contributed by atoms with Crippen molar-refractivity contribution in [3.63, 3.8) is 0 Å². The van der Waals surface area contributed by atoms with Gasteiger partial charge in [0.25, 0.3) is 5.91 Å². The van der Waals surface area contributed by atoms with Crippen LogP contribution in [0.4, 0.5) is 0 Å². The van der Waals surface area contributed by atoms with E-state index in [0.29, 0.717) is 24.7 Å². The van der Waals surface area contributed by atoms with E-state index in [2.05, 4.69) is 10.1 Å². The average Bonchev–Trinajstić information content (AvgIpc) is 3.29. The highest BCUT2D eigenvalue weighted by Gasteiger charge is 2.26. The topological polar surface area (TPSA) is 68.5 Å². The van der Waals surface area contributed by atoms with E-state index in [1.165, 1.54) is 19.3 Å². The van der Waals surface area contributed by atoms with Crippen molar-refractivity contribution in [2.45, 2.75) is 44.6 Å². The molecule has 1 aliphatic carbocycles. The number of aromatic nitrogens is 2. The normalized spacial score (nSPS) is 14.4. The highest BCUT2D eigenvalue weighted by molar-refractivity contribution is 5.94. The quantitative estimate of drug-likeness (QED) is 0.567. The van der Waals surface area contributed by atoms with Gasteiger partial charge < -0.3 is 14.2 Å². The van der Waals surface area contributed by atoms with Gasteiger partial charge in [0.1, 0.15) is 5.75 Å². The number of hydrogen-bond acceptors (Lipinski definition) is 5. The third-order valence-corrected chi connectivity index (χ3v) is 5.68. The minimum Gasteiger partial charge on any atom is -0.497 e. The molecule has 6 nitrogen and oxygen atoms in total. The van der Waals surface area contributed by atoms with E-state index in [4.69, 9.17) is 9.26 Å². The minimum atomic E-state index is 0.0809. The van der Waals surface area contributed by atoms with Crippen LogP contribution in [0.15, 0.2) is 59.1 Å². The van der Waals surface area contributed by atoms with Gasteiger partial charge in [0.05, 0.1) is 7.11 Å². The first kappa shape index (κ1) is 20.1. The van der Waals surface area contributed by atoms with Crippen molar-refractivity contribution in [3.05, 3.63) is 66.1 Å². The first-order valence-electron chi connectivity index (χ1n) is 10.6. The first-order valence-corrected chi connectivity index (χ1v) is 10.6. The number of nitrogens with zero attached hydrogens (tertiary/aromatic N) is 3. The van der Waals surface area contributed by atoms with Gasteiger partial charge >= 0.3 is 0 Å². The van der Waals surface area contributed by atoms with Crippen LogP contribution in [0.5, 0.6) is 5.75 Å². The van der Waals surface area contributed by atoms with Crippen LogP contribution in [-0.4, -0.2) is 40.6 Å². The molecule has 0 radical (unpaired) electrons. The van der Waals surface area contributed by atoms with Crippen LogP contribution in [0.25, 0.3) is 11.4 Å². The molecule has 1 amide bonds. The maximum atomic E-state index is 13.2. The van der Waals surface area contributed by atoms with Crippen LogP contribution in [-0.2, 0) is 6.42 Å². The summed E-state index contributed by atoms with van der Waals surface area (Å²) >= 11 is 0. The lowest BCUT2D eigenvalue weighted by Crippen LogP contribution is -2.42. The Kier molecular flexibility index (Phi) is 6.42. The lowest BCUT2D eigenvalue weighted by Gasteiger charge is -2.34. The molecule has 0 bridgehead atoms. The summed E-state index contributed by atoms with van der Waals surface area (Å²) in [4.78, 5) is 19.7. The van der Waals surface area contributed by atoms with Crippen molar-refractivity contribution < 1.29 is 14.1 Å². The zero-order valence-electron chi connectivity index (χ0n) is 17.3. The monoisotopic (exact) mass is 405 g/mol. The maximum Gasteiger partial charge on any atom is 0.254 e. The van der Waals surface area contributed by atoms with Crippen LogP contribution >= 0.6 is 0 Å². The molecule has 0 N–H and O–H groups in total. The Bertz CT molecular complexity index is 947. The molecule has 30 heavy (non-hydrogen) atoms. The van der Waals surface area contributed by atoms with Crippen LogP contribution in [0.2, 0.25) is 0 Å². The standard InChI is InChI=1S/C24H27N3O3/c1-29-21-14-12-18(13-15-21)23-25-22(30-26-23)16-17-27(20-10-6-3-7-11-20)24(28)19-8-4-2-5-9-19/h2,4-5,8-9,12-15,20H,3,6-7,10-11,16-17H2,1H3. The second-order valence-corrected chi connectivity index (χ2v) is 7.65. The third-order valence-electron chi connectivity index (χ3n) is 5.68. The van der Waals surface area contributed by atoms with Gasteiger partial charge in [-0.25, -0.2) is 0 Å². The Labute approximate surface area is 176 Å². The molecule has 1 heterocycles. The summed E-state index contributed by atoms with van der Waals surface area (Å²) in [5, 5.41) is 4.11. The largest absolute Gasteiger partial charge is 0.497 e. The van der Waals surface area contributed by atoms with Crippen LogP contribution in [0.1, 0.15) is 48.4 Å². The molecule has 0 saturated heterocycles. The summed E-state index contributed by atoms with van der Waals surface area (Å²) < 4.78 is 10.7. The predicted octanol–water partition coefficient (Wildman–Crippen LogP) is 4.76. The fourth-order valence-electron chi connectivity index (χ4n) is 4.02. The molecule has 2 aromatic carbocycles. The SMILES string of the molecule is COc1ccc(-c2noc(CCN(C(=O)c3ccccc3)C3CCCCC3)n2)cc1. The zero-order chi connectivity index (χ0) is 20.8. The summed E-state index contributed by atoms with van der Waals surface area (Å²) in [6.07, 6.45) is 6.24. The van der Waals surface area contributed by atoms with Crippen molar-refractivity contribution in [2.75, 3.05) is 13.7 Å². The van der Waals surface area contributed by atoms with Crippen molar-refractivity contribution in [3.8, 4) is 17.1 Å². The molecule has 0 unspecified atom stereocenters. The number of hydrogen-bond donors (Lipinski definition) is 0. The van der Waals surface area contributed by atoms with Crippen molar-refractivity contribution >= 4 is 5.91 Å². The van der Waals surface area contributed by atoms with E-state index in [9.17, 15) is 4.79 Å². The Morgan fingerprint density at radius 1 is 1.07 bits per heavy atom. The van der Waals surface area contributed by atoms with E-state index in [0.717, 1.165) is 29.7 Å². The molecule has 4 rings (SSSR count). The minimum absolute atomic E-state index is 0.0809. The fourth-order valence-corrected chi connectivity index (χ4v) is 4.02. The summed E-state index contributed by atoms with van der Waals surface area (Å²) in [5.74, 6) is 1.95. The lowest BCUT2D eigenvalue weighted by atomic mass is 9.93. The smallest absolute Gasteiger partial charge is 0.254 e. The molecule has 0 atom stereocenters. The van der Waals surface area contributed by atoms with Gasteiger partial charge in [0.15, 0.2) is 0 Å². The number of methoxy groups -OCH3 is 1. The van der Waals surface area contributed by atoms with Gasteiger partial charge in [-0.15, -0.1) is 0 Å².